The van der Waals surface area contributed by atoms with Gasteiger partial charge in [-0.15, -0.1) is 0 Å². The minimum Gasteiger partial charge on any atom is -0.475 e. The number of hydrogen-bond donors (Lipinski definition) is 0. The molecule has 0 saturated carbocycles. The number of benzene rings is 2. The number of rotatable bonds is 5. The van der Waals surface area contributed by atoms with Gasteiger partial charge >= 0.3 is 5.69 Å². The minimum atomic E-state index is -0.976. The smallest absolute Gasteiger partial charge is 0.311 e. The highest BCUT2D eigenvalue weighted by atomic mass is 19.1. The van der Waals surface area contributed by atoms with Crippen LogP contribution < -0.4 is 4.74 Å². The van der Waals surface area contributed by atoms with Crippen molar-refractivity contribution in [2.24, 2.45) is 0 Å². The van der Waals surface area contributed by atoms with Crippen LogP contribution in [0.5, 0.6) is 5.75 Å². The summed E-state index contributed by atoms with van der Waals surface area (Å²) >= 11 is 0. The maximum Gasteiger partial charge on any atom is 0.311 e. The molecule has 2 rings (SSSR count). The van der Waals surface area contributed by atoms with Gasteiger partial charge in [0, 0.05) is 17.7 Å². The zero-order valence-electron chi connectivity index (χ0n) is 13.0. The van der Waals surface area contributed by atoms with Crippen molar-refractivity contribution in [2.75, 3.05) is 0 Å². The first-order valence-corrected chi connectivity index (χ1v) is 7.01. The maximum absolute atomic E-state index is 13.3. The van der Waals surface area contributed by atoms with Gasteiger partial charge in [0.05, 0.1) is 4.92 Å². The quantitative estimate of drug-likeness (QED) is 0.475. The van der Waals surface area contributed by atoms with Crippen molar-refractivity contribution in [2.45, 2.75) is 26.9 Å². The summed E-state index contributed by atoms with van der Waals surface area (Å²) < 4.78 is 18.7. The normalized spacial score (nSPS) is 11.8. The highest BCUT2D eigenvalue weighted by Gasteiger charge is 2.23. The van der Waals surface area contributed by atoms with Crippen LogP contribution in [0.1, 0.15) is 28.4 Å². The van der Waals surface area contributed by atoms with Gasteiger partial charge in [-0.2, -0.15) is 0 Å². The molecule has 1 atom stereocenters. The number of nitrogens with zero attached hydrogens (tertiary/aromatic N) is 1. The lowest BCUT2D eigenvalue weighted by Crippen LogP contribution is -2.25. The molecular weight excluding hydrogens is 301 g/mol. The molecule has 2 aromatic rings. The highest BCUT2D eigenvalue weighted by molar-refractivity contribution is 6.00. The largest absolute Gasteiger partial charge is 0.475 e. The van der Waals surface area contributed by atoms with Crippen LogP contribution in [0.3, 0.4) is 0 Å². The molecule has 0 heterocycles. The van der Waals surface area contributed by atoms with Crippen LogP contribution in [-0.2, 0) is 0 Å². The molecule has 0 spiro atoms. The molecule has 0 aliphatic carbocycles. The lowest BCUT2D eigenvalue weighted by Gasteiger charge is -2.15. The zero-order valence-corrected chi connectivity index (χ0v) is 13.0. The van der Waals surface area contributed by atoms with Crippen LogP contribution in [0.4, 0.5) is 10.1 Å². The van der Waals surface area contributed by atoms with Gasteiger partial charge in [0.1, 0.15) is 5.82 Å². The summed E-state index contributed by atoms with van der Waals surface area (Å²) in [6.07, 6.45) is -0.976. The molecule has 0 radical (unpaired) electrons. The van der Waals surface area contributed by atoms with Crippen molar-refractivity contribution < 1.29 is 18.8 Å². The Morgan fingerprint density at radius 1 is 1.22 bits per heavy atom. The van der Waals surface area contributed by atoms with Crippen molar-refractivity contribution in [3.8, 4) is 5.75 Å². The van der Waals surface area contributed by atoms with E-state index < -0.39 is 16.8 Å². The van der Waals surface area contributed by atoms with Crippen LogP contribution in [0.25, 0.3) is 0 Å². The Balaban J connectivity index is 2.30. The summed E-state index contributed by atoms with van der Waals surface area (Å²) in [5, 5.41) is 11.0. The number of nitro benzene ring substituents is 1. The van der Waals surface area contributed by atoms with Gasteiger partial charge in [0.25, 0.3) is 0 Å². The molecule has 5 nitrogen and oxygen atoms in total. The molecule has 0 aliphatic rings. The maximum atomic E-state index is 13.3. The average Bonchev–Trinajstić information content (AvgIpc) is 2.48. The van der Waals surface area contributed by atoms with E-state index in [1.54, 1.807) is 13.0 Å². The van der Waals surface area contributed by atoms with Crippen LogP contribution in [0.15, 0.2) is 36.4 Å². The van der Waals surface area contributed by atoms with E-state index >= 15 is 0 Å². The van der Waals surface area contributed by atoms with E-state index in [9.17, 15) is 19.3 Å². The van der Waals surface area contributed by atoms with Gasteiger partial charge in [-0.1, -0.05) is 17.7 Å². The van der Waals surface area contributed by atoms with Crippen molar-refractivity contribution in [1.29, 1.82) is 0 Å². The SMILES string of the molecule is Cc1ccc(C)c(C(=O)[C@@H](C)Oc2cc(F)ccc2[N+](=O)[O-])c1. The minimum absolute atomic E-state index is 0.263. The Labute approximate surface area is 132 Å². The number of carbonyl (C=O) groups is 1. The number of carbonyl (C=O) groups excluding carboxylic acids is 1. The first kappa shape index (κ1) is 16.6. The van der Waals surface area contributed by atoms with Crippen LogP contribution >= 0.6 is 0 Å². The van der Waals surface area contributed by atoms with E-state index in [-0.39, 0.29) is 17.2 Å². The summed E-state index contributed by atoms with van der Waals surface area (Å²) in [7, 11) is 0. The van der Waals surface area contributed by atoms with E-state index in [4.69, 9.17) is 4.74 Å². The number of nitro groups is 1. The zero-order chi connectivity index (χ0) is 17.1. The molecule has 0 amide bonds. The van der Waals surface area contributed by atoms with Crippen molar-refractivity contribution >= 4 is 11.5 Å². The molecule has 2 aromatic carbocycles. The fourth-order valence-electron chi connectivity index (χ4n) is 2.20. The van der Waals surface area contributed by atoms with Crippen molar-refractivity contribution in [3.63, 3.8) is 0 Å². The van der Waals surface area contributed by atoms with Crippen LogP contribution in [0.2, 0.25) is 0 Å². The van der Waals surface area contributed by atoms with Crippen molar-refractivity contribution in [1.82, 2.24) is 0 Å². The molecule has 23 heavy (non-hydrogen) atoms. The number of aryl methyl sites for hydroxylation is 2. The monoisotopic (exact) mass is 317 g/mol. The second-order valence-corrected chi connectivity index (χ2v) is 5.31. The number of ketones is 1. The van der Waals surface area contributed by atoms with Crippen LogP contribution in [0, 0.1) is 29.8 Å². The number of hydrogen-bond acceptors (Lipinski definition) is 4. The molecule has 0 saturated heterocycles. The molecule has 0 bridgehead atoms. The predicted octanol–water partition coefficient (Wildman–Crippen LogP) is 4.00. The van der Waals surface area contributed by atoms with E-state index in [1.807, 2.05) is 19.1 Å². The topological polar surface area (TPSA) is 69.4 Å². The lowest BCUT2D eigenvalue weighted by atomic mass is 9.99. The standard InChI is InChI=1S/C17H16FNO4/c1-10-4-5-11(2)14(8-10)17(20)12(3)23-16-9-13(18)6-7-15(16)19(21)22/h4-9,12H,1-3H3/t12-/m1/s1. The van der Waals surface area contributed by atoms with Gasteiger partial charge in [-0.05, 0) is 38.5 Å². The van der Waals surface area contributed by atoms with Gasteiger partial charge in [-0.25, -0.2) is 4.39 Å². The average molecular weight is 317 g/mol. The Hall–Kier alpha value is -2.76. The summed E-state index contributed by atoms with van der Waals surface area (Å²) in [6.45, 7) is 5.14. The summed E-state index contributed by atoms with van der Waals surface area (Å²) in [5.74, 6) is -1.25. The molecular formula is C17H16FNO4. The summed E-state index contributed by atoms with van der Waals surface area (Å²) in [6, 6.07) is 8.33. The Bertz CT molecular complexity index is 773. The van der Waals surface area contributed by atoms with E-state index in [1.165, 1.54) is 6.92 Å². The van der Waals surface area contributed by atoms with Crippen molar-refractivity contribution in [3.05, 3.63) is 69.0 Å². The second kappa shape index (κ2) is 6.56. The molecule has 6 heteroatoms. The van der Waals surface area contributed by atoms with Gasteiger partial charge in [-0.3, -0.25) is 14.9 Å². The molecule has 120 valence electrons. The van der Waals surface area contributed by atoms with E-state index in [2.05, 4.69) is 0 Å². The molecule has 0 fully saturated rings. The highest BCUT2D eigenvalue weighted by Crippen LogP contribution is 2.29. The van der Waals surface area contributed by atoms with Gasteiger partial charge in [0.15, 0.2) is 6.10 Å². The fourth-order valence-corrected chi connectivity index (χ4v) is 2.20. The Kier molecular flexibility index (Phi) is 4.74. The number of Topliss-reactive ketones (excluding diaryl/α,β-unsaturated/α-hetero) is 1. The summed E-state index contributed by atoms with van der Waals surface area (Å²) in [5.41, 5.74) is 1.80. The van der Waals surface area contributed by atoms with E-state index in [0.717, 1.165) is 29.3 Å². The fraction of sp³-hybridized carbons (Fsp3) is 0.235. The van der Waals surface area contributed by atoms with Crippen LogP contribution in [-0.4, -0.2) is 16.8 Å². The summed E-state index contributed by atoms with van der Waals surface area (Å²) in [4.78, 5) is 22.8. The first-order valence-electron chi connectivity index (χ1n) is 7.01. The predicted molar refractivity (Wildman–Crippen MR) is 83.4 cm³/mol. The second-order valence-electron chi connectivity index (χ2n) is 5.31. The van der Waals surface area contributed by atoms with E-state index in [0.29, 0.717) is 5.56 Å². The Morgan fingerprint density at radius 2 is 1.91 bits per heavy atom. The third kappa shape index (κ3) is 3.71. The Morgan fingerprint density at radius 3 is 2.57 bits per heavy atom. The number of ether oxygens (including phenoxy) is 1. The third-order valence-corrected chi connectivity index (χ3v) is 3.45. The molecule has 0 N–H and O–H groups in total. The molecule has 0 aliphatic heterocycles. The lowest BCUT2D eigenvalue weighted by molar-refractivity contribution is -0.386. The van der Waals surface area contributed by atoms with Gasteiger partial charge < -0.3 is 4.74 Å². The molecule has 0 unspecified atom stereocenters. The number of halogens is 1. The first-order chi connectivity index (χ1) is 10.8. The molecule has 0 aromatic heterocycles. The third-order valence-electron chi connectivity index (χ3n) is 3.45. The van der Waals surface area contributed by atoms with Gasteiger partial charge in [0.2, 0.25) is 11.5 Å².